The molecule has 1 fully saturated rings. The Labute approximate surface area is 183 Å². The number of hydrogen-bond donors (Lipinski definition) is 2. The number of rotatable bonds is 8. The fraction of sp³-hybridized carbons (Fsp3) is 0.636. The molecule has 0 aromatic heterocycles. The lowest BCUT2D eigenvalue weighted by Crippen LogP contribution is -2.44. The van der Waals surface area contributed by atoms with Crippen LogP contribution in [0.4, 0.5) is 16.2 Å². The van der Waals surface area contributed by atoms with Crippen molar-refractivity contribution < 1.29 is 19.2 Å². The van der Waals surface area contributed by atoms with Gasteiger partial charge in [0.25, 0.3) is 11.6 Å². The van der Waals surface area contributed by atoms with Crippen molar-refractivity contribution in [3.63, 3.8) is 0 Å². The van der Waals surface area contributed by atoms with E-state index in [1.54, 1.807) is 32.9 Å². The minimum absolute atomic E-state index is 0.0473. The minimum Gasteiger partial charge on any atom is -0.444 e. The van der Waals surface area contributed by atoms with Crippen LogP contribution in [0.5, 0.6) is 0 Å². The van der Waals surface area contributed by atoms with E-state index in [4.69, 9.17) is 4.74 Å². The molecule has 172 valence electrons. The van der Waals surface area contributed by atoms with Crippen LogP contribution in [0.2, 0.25) is 0 Å². The van der Waals surface area contributed by atoms with Crippen LogP contribution >= 0.6 is 0 Å². The molecular formula is C22H34N4O5. The molecule has 1 aromatic rings. The first-order chi connectivity index (χ1) is 14.4. The second-order valence-corrected chi connectivity index (χ2v) is 9.52. The molecule has 0 radical (unpaired) electrons. The van der Waals surface area contributed by atoms with Crippen LogP contribution in [-0.4, -0.2) is 47.7 Å². The van der Waals surface area contributed by atoms with Crippen LogP contribution in [0, 0.1) is 10.1 Å². The van der Waals surface area contributed by atoms with E-state index >= 15 is 0 Å². The number of hydrogen-bond acceptors (Lipinski definition) is 6. The summed E-state index contributed by atoms with van der Waals surface area (Å²) in [5.74, 6) is -0.360. The number of benzene rings is 1. The van der Waals surface area contributed by atoms with Gasteiger partial charge in [-0.2, -0.15) is 0 Å². The maximum atomic E-state index is 12.7. The van der Waals surface area contributed by atoms with Crippen molar-refractivity contribution in [3.05, 3.63) is 33.9 Å². The van der Waals surface area contributed by atoms with Gasteiger partial charge in [-0.15, -0.1) is 0 Å². The lowest BCUT2D eigenvalue weighted by molar-refractivity contribution is -0.384. The van der Waals surface area contributed by atoms with Crippen LogP contribution in [0.15, 0.2) is 18.2 Å². The maximum Gasteiger partial charge on any atom is 0.407 e. The molecule has 1 heterocycles. The van der Waals surface area contributed by atoms with Crippen molar-refractivity contribution in [2.45, 2.75) is 71.4 Å². The molecule has 0 unspecified atom stereocenters. The van der Waals surface area contributed by atoms with E-state index in [1.807, 2.05) is 18.7 Å². The minimum atomic E-state index is -0.551. The van der Waals surface area contributed by atoms with E-state index in [2.05, 4.69) is 10.6 Å². The zero-order valence-electron chi connectivity index (χ0n) is 19.1. The average molecular weight is 435 g/mol. The predicted molar refractivity (Wildman–Crippen MR) is 120 cm³/mol. The number of nitro groups is 1. The highest BCUT2D eigenvalue weighted by Crippen LogP contribution is 2.31. The first-order valence-electron chi connectivity index (χ1n) is 10.7. The van der Waals surface area contributed by atoms with Crippen molar-refractivity contribution in [2.24, 2.45) is 0 Å². The molecule has 9 nitrogen and oxygen atoms in total. The number of carbonyl (C=O) groups excluding carboxylic acids is 2. The third-order valence-corrected chi connectivity index (χ3v) is 4.98. The van der Waals surface area contributed by atoms with Crippen molar-refractivity contribution in [3.8, 4) is 0 Å². The summed E-state index contributed by atoms with van der Waals surface area (Å²) in [7, 11) is 0. The van der Waals surface area contributed by atoms with Gasteiger partial charge >= 0.3 is 6.09 Å². The van der Waals surface area contributed by atoms with Gasteiger partial charge in [0.15, 0.2) is 0 Å². The molecule has 9 heteroatoms. The molecule has 0 bridgehead atoms. The zero-order valence-corrected chi connectivity index (χ0v) is 19.1. The van der Waals surface area contributed by atoms with Gasteiger partial charge in [-0.25, -0.2) is 4.79 Å². The zero-order chi connectivity index (χ0) is 23.2. The van der Waals surface area contributed by atoms with Crippen LogP contribution < -0.4 is 15.5 Å². The van der Waals surface area contributed by atoms with Crippen molar-refractivity contribution in [1.82, 2.24) is 10.6 Å². The number of amides is 2. The van der Waals surface area contributed by atoms with E-state index in [0.717, 1.165) is 25.9 Å². The van der Waals surface area contributed by atoms with Gasteiger partial charge in [0.05, 0.1) is 4.92 Å². The second kappa shape index (κ2) is 9.98. The number of carbonyl (C=O) groups is 2. The Kier molecular flexibility index (Phi) is 7.86. The molecule has 31 heavy (non-hydrogen) atoms. The molecule has 2 amide bonds. The Morgan fingerprint density at radius 1 is 1.16 bits per heavy atom. The average Bonchev–Trinajstić information content (AvgIpc) is 3.17. The van der Waals surface area contributed by atoms with Gasteiger partial charge in [-0.3, -0.25) is 14.9 Å². The summed E-state index contributed by atoms with van der Waals surface area (Å²) in [6, 6.07) is 4.65. The quantitative estimate of drug-likeness (QED) is 0.363. The summed E-state index contributed by atoms with van der Waals surface area (Å²) in [6.07, 6.45) is 2.80. The van der Waals surface area contributed by atoms with E-state index in [1.165, 1.54) is 6.07 Å². The number of nitrogens with one attached hydrogen (secondary N) is 2. The van der Waals surface area contributed by atoms with Crippen LogP contribution in [0.1, 0.15) is 70.7 Å². The van der Waals surface area contributed by atoms with Crippen LogP contribution in [0.3, 0.4) is 0 Å². The van der Waals surface area contributed by atoms with Crippen molar-refractivity contribution in [2.75, 3.05) is 24.5 Å². The molecule has 1 aromatic carbocycles. The normalized spacial score (nSPS) is 14.3. The largest absolute Gasteiger partial charge is 0.444 e. The number of nitro benzene ring substituents is 1. The first kappa shape index (κ1) is 24.4. The molecule has 1 aliphatic rings. The fourth-order valence-corrected chi connectivity index (χ4v) is 3.51. The van der Waals surface area contributed by atoms with E-state index < -0.39 is 22.2 Å². The molecule has 1 saturated heterocycles. The van der Waals surface area contributed by atoms with Crippen molar-refractivity contribution in [1.29, 1.82) is 0 Å². The van der Waals surface area contributed by atoms with Gasteiger partial charge in [-0.1, -0.05) is 0 Å². The van der Waals surface area contributed by atoms with Crippen molar-refractivity contribution >= 4 is 23.4 Å². The molecule has 0 atom stereocenters. The lowest BCUT2D eigenvalue weighted by atomic mass is 9.97. The predicted octanol–water partition coefficient (Wildman–Crippen LogP) is 4.01. The number of nitrogens with zero attached hydrogens (tertiary/aromatic N) is 2. The van der Waals surface area contributed by atoms with Gasteiger partial charge in [0, 0.05) is 36.8 Å². The van der Waals surface area contributed by atoms with Crippen LogP contribution in [-0.2, 0) is 4.74 Å². The van der Waals surface area contributed by atoms with Crippen LogP contribution in [0.25, 0.3) is 0 Å². The standard InChI is InChI=1S/C22H34N4O5/c1-21(2,3)31-20(28)23-12-8-11-22(4,5)24-19(27)16-9-10-17(18(15-16)26(29)30)25-13-6-7-14-25/h9-10,15H,6-8,11-14H2,1-5H3,(H,23,28)(H,24,27). The monoisotopic (exact) mass is 434 g/mol. The van der Waals surface area contributed by atoms with Gasteiger partial charge in [-0.05, 0) is 72.4 Å². The summed E-state index contributed by atoms with van der Waals surface area (Å²) >= 11 is 0. The third kappa shape index (κ3) is 7.73. The topological polar surface area (TPSA) is 114 Å². The van der Waals surface area contributed by atoms with Gasteiger partial charge in [0.1, 0.15) is 11.3 Å². The Morgan fingerprint density at radius 3 is 2.39 bits per heavy atom. The third-order valence-electron chi connectivity index (χ3n) is 4.98. The first-order valence-corrected chi connectivity index (χ1v) is 10.7. The Hall–Kier alpha value is -2.84. The van der Waals surface area contributed by atoms with E-state index in [9.17, 15) is 19.7 Å². The maximum absolute atomic E-state index is 12.7. The second-order valence-electron chi connectivity index (χ2n) is 9.52. The molecule has 1 aliphatic heterocycles. The Balaban J connectivity index is 1.93. The van der Waals surface area contributed by atoms with Gasteiger partial charge in [0.2, 0.25) is 0 Å². The summed E-state index contributed by atoms with van der Waals surface area (Å²) in [5.41, 5.74) is -0.325. The Morgan fingerprint density at radius 2 is 1.81 bits per heavy atom. The smallest absolute Gasteiger partial charge is 0.407 e. The molecular weight excluding hydrogens is 400 g/mol. The molecule has 0 spiro atoms. The fourth-order valence-electron chi connectivity index (χ4n) is 3.51. The highest BCUT2D eigenvalue weighted by Gasteiger charge is 2.26. The highest BCUT2D eigenvalue weighted by atomic mass is 16.6. The summed E-state index contributed by atoms with van der Waals surface area (Å²) in [5, 5.41) is 17.2. The summed E-state index contributed by atoms with van der Waals surface area (Å²) in [6.45, 7) is 11.2. The molecule has 0 saturated carbocycles. The molecule has 2 rings (SSSR count). The molecule has 2 N–H and O–H groups in total. The summed E-state index contributed by atoms with van der Waals surface area (Å²) in [4.78, 5) is 37.5. The SMILES string of the molecule is CC(C)(CCCNC(=O)OC(C)(C)C)NC(=O)c1ccc(N2CCCC2)c([N+](=O)[O-])c1. The highest BCUT2D eigenvalue weighted by molar-refractivity contribution is 5.96. The van der Waals surface area contributed by atoms with E-state index in [-0.39, 0.29) is 17.2 Å². The van der Waals surface area contributed by atoms with E-state index in [0.29, 0.717) is 25.1 Å². The summed E-state index contributed by atoms with van der Waals surface area (Å²) < 4.78 is 5.19. The lowest BCUT2D eigenvalue weighted by Gasteiger charge is -2.27. The number of anilines is 1. The number of ether oxygens (including phenoxy) is 1. The Bertz CT molecular complexity index is 811. The number of alkyl carbamates (subject to hydrolysis) is 1. The van der Waals surface area contributed by atoms with Gasteiger partial charge < -0.3 is 20.3 Å². The molecule has 0 aliphatic carbocycles.